The Hall–Kier alpha value is -2.37. The van der Waals surface area contributed by atoms with Crippen LogP contribution in [0.2, 0.25) is 0 Å². The topological polar surface area (TPSA) is 63.2 Å². The molecule has 0 heterocycles. The van der Waals surface area contributed by atoms with Gasteiger partial charge in [0.1, 0.15) is 0 Å². The quantitative estimate of drug-likeness (QED) is 0.445. The van der Waals surface area contributed by atoms with Crippen molar-refractivity contribution in [3.05, 3.63) is 17.7 Å². The highest BCUT2D eigenvalue weighted by molar-refractivity contribution is 5.89. The molecule has 1 aromatic carbocycles. The molecule has 0 bridgehead atoms. The van der Waals surface area contributed by atoms with Crippen molar-refractivity contribution in [3.8, 4) is 23.0 Å². The van der Waals surface area contributed by atoms with E-state index >= 15 is 0 Å². The Bertz CT molecular complexity index is 546. The van der Waals surface area contributed by atoms with E-state index < -0.39 is 5.97 Å². The second kappa shape index (κ2) is 11.2. The summed E-state index contributed by atoms with van der Waals surface area (Å²) in [5, 5.41) is 0. The molecule has 0 saturated carbocycles. The molecule has 0 aliphatic carbocycles. The molecule has 6 nitrogen and oxygen atoms in total. The number of benzene rings is 1. The first-order valence-electron chi connectivity index (χ1n) is 8.69. The Morgan fingerprint density at radius 1 is 0.800 bits per heavy atom. The lowest BCUT2D eigenvalue weighted by molar-refractivity contribution is -0.137. The van der Waals surface area contributed by atoms with Gasteiger partial charge in [0.2, 0.25) is 0 Å². The number of carbonyl (C=O) groups excluding carboxylic acids is 1. The summed E-state index contributed by atoms with van der Waals surface area (Å²) >= 11 is 0. The summed E-state index contributed by atoms with van der Waals surface area (Å²) in [4.78, 5) is 11.7. The van der Waals surface area contributed by atoms with Crippen LogP contribution in [0.25, 0.3) is 6.08 Å². The Labute approximate surface area is 149 Å². The zero-order valence-electron chi connectivity index (χ0n) is 15.7. The molecule has 0 aromatic heterocycles. The second-order valence-electron chi connectivity index (χ2n) is 4.76. The predicted octanol–water partition coefficient (Wildman–Crippen LogP) is 3.86. The van der Waals surface area contributed by atoms with E-state index in [0.29, 0.717) is 61.6 Å². The van der Waals surface area contributed by atoms with E-state index in [9.17, 15) is 4.79 Å². The number of rotatable bonds is 11. The van der Waals surface area contributed by atoms with Crippen molar-refractivity contribution in [1.29, 1.82) is 0 Å². The molecular weight excluding hydrogens is 324 g/mol. The van der Waals surface area contributed by atoms with Gasteiger partial charge in [-0.3, -0.25) is 0 Å². The maximum Gasteiger partial charge on any atom is 0.330 e. The van der Waals surface area contributed by atoms with E-state index in [4.69, 9.17) is 23.7 Å². The molecular formula is C19H28O6. The molecule has 0 atom stereocenters. The number of carbonyl (C=O) groups is 1. The molecule has 0 N–H and O–H groups in total. The monoisotopic (exact) mass is 352 g/mol. The summed E-state index contributed by atoms with van der Waals surface area (Å²) in [5.41, 5.74) is 0.589. The normalized spacial score (nSPS) is 10.6. The lowest BCUT2D eigenvalue weighted by atomic mass is 10.1. The summed E-state index contributed by atoms with van der Waals surface area (Å²) in [7, 11) is 0. The molecule has 140 valence electrons. The SMILES string of the molecule is CCOC(=O)C=Cc1c(OCC)c(OCC)cc(OCC)c1OCC. The Kier molecular flexibility index (Phi) is 9.29. The van der Waals surface area contributed by atoms with E-state index in [1.165, 1.54) is 6.08 Å². The largest absolute Gasteiger partial charge is 0.490 e. The van der Waals surface area contributed by atoms with Crippen molar-refractivity contribution >= 4 is 12.0 Å². The molecule has 0 radical (unpaired) electrons. The highest BCUT2D eigenvalue weighted by Gasteiger charge is 2.21. The third kappa shape index (κ3) is 5.89. The average molecular weight is 352 g/mol. The van der Waals surface area contributed by atoms with Crippen LogP contribution in [0.3, 0.4) is 0 Å². The molecule has 0 fully saturated rings. The van der Waals surface area contributed by atoms with E-state index in [1.807, 2.05) is 27.7 Å². The van der Waals surface area contributed by atoms with Gasteiger partial charge in [0.25, 0.3) is 0 Å². The third-order valence-electron chi connectivity index (χ3n) is 3.05. The number of hydrogen-bond donors (Lipinski definition) is 0. The predicted molar refractivity (Wildman–Crippen MR) is 96.8 cm³/mol. The minimum Gasteiger partial charge on any atom is -0.490 e. The summed E-state index contributed by atoms with van der Waals surface area (Å²) in [5.74, 6) is 1.67. The first kappa shape index (κ1) is 20.7. The van der Waals surface area contributed by atoms with Gasteiger partial charge in [-0.15, -0.1) is 0 Å². The minimum absolute atomic E-state index is 0.309. The molecule has 1 aromatic rings. The maximum absolute atomic E-state index is 11.7. The van der Waals surface area contributed by atoms with Gasteiger partial charge in [0, 0.05) is 12.1 Å². The summed E-state index contributed by atoms with van der Waals surface area (Å²) in [6.07, 6.45) is 2.95. The van der Waals surface area contributed by atoms with Crippen LogP contribution in [0, 0.1) is 0 Å². The molecule has 0 spiro atoms. The zero-order chi connectivity index (χ0) is 18.7. The summed E-state index contributed by atoms with van der Waals surface area (Å²) in [6.45, 7) is 11.4. The highest BCUT2D eigenvalue weighted by Crippen LogP contribution is 2.45. The lowest BCUT2D eigenvalue weighted by Gasteiger charge is -2.20. The van der Waals surface area contributed by atoms with Gasteiger partial charge >= 0.3 is 5.97 Å². The standard InChI is InChI=1S/C19H28O6/c1-6-21-15-13-16(22-7-2)19(25-10-5)14(18(15)24-9-4)11-12-17(20)23-8-3/h11-13H,6-10H2,1-5H3. The second-order valence-corrected chi connectivity index (χ2v) is 4.76. The molecule has 1 rings (SSSR count). The first-order chi connectivity index (χ1) is 12.1. The number of ether oxygens (including phenoxy) is 5. The van der Waals surface area contributed by atoms with Gasteiger partial charge in [-0.2, -0.15) is 0 Å². The molecule has 6 heteroatoms. The molecule has 0 aliphatic rings. The highest BCUT2D eigenvalue weighted by atomic mass is 16.5. The zero-order valence-corrected chi connectivity index (χ0v) is 15.7. The van der Waals surface area contributed by atoms with Crippen LogP contribution in [0.4, 0.5) is 0 Å². The minimum atomic E-state index is -0.438. The van der Waals surface area contributed by atoms with Gasteiger partial charge in [-0.25, -0.2) is 4.79 Å². The molecule has 25 heavy (non-hydrogen) atoms. The fraction of sp³-hybridized carbons (Fsp3) is 0.526. The van der Waals surface area contributed by atoms with E-state index in [2.05, 4.69) is 0 Å². The summed E-state index contributed by atoms with van der Waals surface area (Å²) in [6, 6.07) is 1.75. The number of esters is 1. The van der Waals surface area contributed by atoms with Crippen LogP contribution >= 0.6 is 0 Å². The molecule has 0 unspecified atom stereocenters. The molecule has 0 saturated heterocycles. The first-order valence-corrected chi connectivity index (χ1v) is 8.69. The van der Waals surface area contributed by atoms with Gasteiger partial charge in [-0.05, 0) is 40.7 Å². The Morgan fingerprint density at radius 2 is 1.28 bits per heavy atom. The smallest absolute Gasteiger partial charge is 0.330 e. The van der Waals surface area contributed by atoms with E-state index in [-0.39, 0.29) is 0 Å². The van der Waals surface area contributed by atoms with Gasteiger partial charge in [-0.1, -0.05) is 0 Å². The van der Waals surface area contributed by atoms with Crippen LogP contribution in [0.1, 0.15) is 40.2 Å². The van der Waals surface area contributed by atoms with Crippen molar-refractivity contribution in [1.82, 2.24) is 0 Å². The fourth-order valence-corrected chi connectivity index (χ4v) is 2.22. The van der Waals surface area contributed by atoms with Crippen molar-refractivity contribution in [2.45, 2.75) is 34.6 Å². The van der Waals surface area contributed by atoms with Crippen LogP contribution in [0.5, 0.6) is 23.0 Å². The third-order valence-corrected chi connectivity index (χ3v) is 3.05. The lowest BCUT2D eigenvalue weighted by Crippen LogP contribution is -2.06. The average Bonchev–Trinajstić information content (AvgIpc) is 2.58. The number of hydrogen-bond acceptors (Lipinski definition) is 6. The van der Waals surface area contributed by atoms with Gasteiger partial charge in [0.05, 0.1) is 38.6 Å². The fourth-order valence-electron chi connectivity index (χ4n) is 2.22. The Balaban J connectivity index is 3.52. The molecule has 0 aliphatic heterocycles. The van der Waals surface area contributed by atoms with Gasteiger partial charge in [0.15, 0.2) is 23.0 Å². The summed E-state index contributed by atoms with van der Waals surface area (Å²) < 4.78 is 27.9. The van der Waals surface area contributed by atoms with Crippen LogP contribution in [-0.4, -0.2) is 39.0 Å². The maximum atomic E-state index is 11.7. The van der Waals surface area contributed by atoms with Crippen LogP contribution in [-0.2, 0) is 9.53 Å². The van der Waals surface area contributed by atoms with Crippen LogP contribution in [0.15, 0.2) is 12.1 Å². The van der Waals surface area contributed by atoms with Crippen molar-refractivity contribution in [3.63, 3.8) is 0 Å². The van der Waals surface area contributed by atoms with Crippen LogP contribution < -0.4 is 18.9 Å². The van der Waals surface area contributed by atoms with Crippen molar-refractivity contribution < 1.29 is 28.5 Å². The van der Waals surface area contributed by atoms with E-state index in [0.717, 1.165) is 0 Å². The van der Waals surface area contributed by atoms with Crippen molar-refractivity contribution in [2.24, 2.45) is 0 Å². The van der Waals surface area contributed by atoms with Crippen molar-refractivity contribution in [2.75, 3.05) is 33.0 Å². The van der Waals surface area contributed by atoms with E-state index in [1.54, 1.807) is 19.1 Å². The van der Waals surface area contributed by atoms with Gasteiger partial charge < -0.3 is 23.7 Å². The molecule has 0 amide bonds. The Morgan fingerprint density at radius 3 is 1.68 bits per heavy atom.